The van der Waals surface area contributed by atoms with Gasteiger partial charge in [-0.3, -0.25) is 9.78 Å². The number of nitrogens with zero attached hydrogens (tertiary/aromatic N) is 2. The Labute approximate surface area is 113 Å². The number of aryl methyl sites for hydroxylation is 2. The molecule has 0 fully saturated rings. The highest BCUT2D eigenvalue weighted by Crippen LogP contribution is 2.25. The molecular weight excluding hydrogens is 239 g/mol. The van der Waals surface area contributed by atoms with Crippen molar-refractivity contribution in [3.8, 4) is 11.6 Å². The Balaban J connectivity index is 2.33. The summed E-state index contributed by atoms with van der Waals surface area (Å²) >= 11 is 0. The maximum atomic E-state index is 11.7. The molecule has 0 saturated heterocycles. The predicted octanol–water partition coefficient (Wildman–Crippen LogP) is 2.66. The maximum absolute atomic E-state index is 11.7. The normalized spacial score (nSPS) is 10.2. The van der Waals surface area contributed by atoms with Gasteiger partial charge in [0.2, 0.25) is 5.88 Å². The Morgan fingerprint density at radius 3 is 2.47 bits per heavy atom. The molecular formula is C14H13BN2O2. The molecule has 4 nitrogen and oxygen atoms in total. The molecule has 19 heavy (non-hydrogen) atoms. The van der Waals surface area contributed by atoms with Crippen molar-refractivity contribution < 1.29 is 9.53 Å². The minimum Gasteiger partial charge on any atom is -0.437 e. The van der Waals surface area contributed by atoms with Crippen molar-refractivity contribution in [1.29, 1.82) is 0 Å². The standard InChI is InChI=1S/C14H13BN2O2/c1-9-5-11(19-13-8-16-3-4-17-13)6-10(2)14(9)12(18)7-15/h3-6,8H,7H2,1-2H3. The molecule has 0 aliphatic heterocycles. The van der Waals surface area contributed by atoms with Crippen molar-refractivity contribution in [1.82, 2.24) is 9.97 Å². The van der Waals surface area contributed by atoms with Crippen LogP contribution in [-0.4, -0.2) is 23.6 Å². The molecule has 0 saturated carbocycles. The van der Waals surface area contributed by atoms with Crippen LogP contribution in [0.25, 0.3) is 0 Å². The number of hydrogen-bond acceptors (Lipinski definition) is 4. The fourth-order valence-electron chi connectivity index (χ4n) is 1.98. The van der Waals surface area contributed by atoms with E-state index in [-0.39, 0.29) is 12.1 Å². The van der Waals surface area contributed by atoms with Crippen LogP contribution < -0.4 is 4.74 Å². The van der Waals surface area contributed by atoms with Crippen molar-refractivity contribution in [2.45, 2.75) is 20.2 Å². The molecule has 2 rings (SSSR count). The van der Waals surface area contributed by atoms with Crippen molar-refractivity contribution >= 4 is 13.6 Å². The molecule has 0 amide bonds. The largest absolute Gasteiger partial charge is 0.437 e. The van der Waals surface area contributed by atoms with Gasteiger partial charge in [0.05, 0.1) is 14.0 Å². The fourth-order valence-corrected chi connectivity index (χ4v) is 1.98. The van der Waals surface area contributed by atoms with E-state index < -0.39 is 0 Å². The van der Waals surface area contributed by atoms with Crippen LogP contribution in [0.2, 0.25) is 6.32 Å². The number of Topliss-reactive ketones (excluding diaryl/α,β-unsaturated/α-hetero) is 1. The third-order valence-corrected chi connectivity index (χ3v) is 2.73. The molecule has 0 aliphatic rings. The highest BCUT2D eigenvalue weighted by Gasteiger charge is 2.12. The van der Waals surface area contributed by atoms with Crippen LogP contribution >= 0.6 is 0 Å². The molecule has 0 N–H and O–H groups in total. The lowest BCUT2D eigenvalue weighted by atomic mass is 9.90. The lowest BCUT2D eigenvalue weighted by Crippen LogP contribution is -2.04. The van der Waals surface area contributed by atoms with E-state index in [4.69, 9.17) is 12.6 Å². The van der Waals surface area contributed by atoms with E-state index in [1.807, 2.05) is 13.8 Å². The highest BCUT2D eigenvalue weighted by molar-refractivity contribution is 6.24. The Bertz CT molecular complexity index is 577. The number of carbonyl (C=O) groups excluding carboxylic acids is 1. The molecule has 1 heterocycles. The van der Waals surface area contributed by atoms with E-state index >= 15 is 0 Å². The first-order valence-electron chi connectivity index (χ1n) is 5.90. The molecule has 5 heteroatoms. The third-order valence-electron chi connectivity index (χ3n) is 2.73. The first-order chi connectivity index (χ1) is 9.11. The van der Waals surface area contributed by atoms with Crippen molar-refractivity contribution in [2.75, 3.05) is 0 Å². The molecule has 1 aromatic carbocycles. The van der Waals surface area contributed by atoms with E-state index in [1.54, 1.807) is 24.5 Å². The maximum Gasteiger partial charge on any atom is 0.237 e. The van der Waals surface area contributed by atoms with E-state index in [9.17, 15) is 4.79 Å². The Kier molecular flexibility index (Phi) is 3.95. The number of carbonyl (C=O) groups is 1. The number of benzene rings is 1. The molecule has 0 aliphatic carbocycles. The zero-order chi connectivity index (χ0) is 13.8. The molecule has 0 unspecified atom stereocenters. The Hall–Kier alpha value is -2.17. The summed E-state index contributed by atoms with van der Waals surface area (Å²) in [4.78, 5) is 19.7. The summed E-state index contributed by atoms with van der Waals surface area (Å²) in [5, 5.41) is 0. The molecule has 0 atom stereocenters. The monoisotopic (exact) mass is 252 g/mol. The van der Waals surface area contributed by atoms with Gasteiger partial charge in [-0.05, 0) is 43.4 Å². The zero-order valence-corrected chi connectivity index (χ0v) is 10.9. The smallest absolute Gasteiger partial charge is 0.237 e. The van der Waals surface area contributed by atoms with Crippen molar-refractivity contribution in [3.05, 3.63) is 47.4 Å². The van der Waals surface area contributed by atoms with E-state index in [0.717, 1.165) is 11.1 Å². The van der Waals surface area contributed by atoms with Gasteiger partial charge >= 0.3 is 0 Å². The van der Waals surface area contributed by atoms with Gasteiger partial charge in [-0.15, -0.1) is 0 Å². The second-order valence-electron chi connectivity index (χ2n) is 4.21. The second kappa shape index (κ2) is 5.65. The first kappa shape index (κ1) is 13.3. The molecule has 2 radical (unpaired) electrons. The number of ketones is 1. The summed E-state index contributed by atoms with van der Waals surface area (Å²) in [5.74, 6) is 0.976. The average molecular weight is 252 g/mol. The van der Waals surface area contributed by atoms with Gasteiger partial charge in [-0.1, -0.05) is 0 Å². The van der Waals surface area contributed by atoms with Gasteiger partial charge in [0.1, 0.15) is 5.75 Å². The Morgan fingerprint density at radius 1 is 1.26 bits per heavy atom. The molecule has 1 aromatic heterocycles. The second-order valence-corrected chi connectivity index (χ2v) is 4.21. The fraction of sp³-hybridized carbons (Fsp3) is 0.214. The van der Waals surface area contributed by atoms with Crippen LogP contribution in [0.5, 0.6) is 11.6 Å². The molecule has 2 aromatic rings. The minimum absolute atomic E-state index is 0.00600. The number of hydrogen-bond donors (Lipinski definition) is 0. The van der Waals surface area contributed by atoms with Gasteiger partial charge in [0, 0.05) is 18.0 Å². The van der Waals surface area contributed by atoms with Crippen molar-refractivity contribution in [3.63, 3.8) is 0 Å². The van der Waals surface area contributed by atoms with Crippen LogP contribution in [0.3, 0.4) is 0 Å². The summed E-state index contributed by atoms with van der Waals surface area (Å²) in [6.45, 7) is 3.72. The van der Waals surface area contributed by atoms with E-state index in [1.165, 1.54) is 6.20 Å². The molecule has 0 bridgehead atoms. The highest BCUT2D eigenvalue weighted by atomic mass is 16.5. The van der Waals surface area contributed by atoms with Gasteiger partial charge < -0.3 is 4.74 Å². The number of ether oxygens (including phenoxy) is 1. The van der Waals surface area contributed by atoms with Gasteiger partial charge in [-0.25, -0.2) is 4.98 Å². The first-order valence-corrected chi connectivity index (χ1v) is 5.90. The number of rotatable bonds is 4. The van der Waals surface area contributed by atoms with Crippen LogP contribution in [0.1, 0.15) is 21.5 Å². The van der Waals surface area contributed by atoms with Crippen LogP contribution in [0, 0.1) is 13.8 Å². The lowest BCUT2D eigenvalue weighted by molar-refractivity contribution is 0.101. The van der Waals surface area contributed by atoms with Gasteiger partial charge in [-0.2, -0.15) is 0 Å². The zero-order valence-electron chi connectivity index (χ0n) is 10.9. The molecule has 0 spiro atoms. The topological polar surface area (TPSA) is 52.1 Å². The van der Waals surface area contributed by atoms with E-state index in [0.29, 0.717) is 17.2 Å². The summed E-state index contributed by atoms with van der Waals surface area (Å²) in [6, 6.07) is 3.59. The molecule has 94 valence electrons. The summed E-state index contributed by atoms with van der Waals surface area (Å²) < 4.78 is 5.59. The van der Waals surface area contributed by atoms with Crippen LogP contribution in [0.4, 0.5) is 0 Å². The quantitative estimate of drug-likeness (QED) is 0.620. The predicted molar refractivity (Wildman–Crippen MR) is 72.9 cm³/mol. The van der Waals surface area contributed by atoms with E-state index in [2.05, 4.69) is 9.97 Å². The summed E-state index contributed by atoms with van der Waals surface area (Å²) in [7, 11) is 5.40. The third kappa shape index (κ3) is 2.99. The summed E-state index contributed by atoms with van der Waals surface area (Å²) in [5.41, 5.74) is 2.35. The van der Waals surface area contributed by atoms with Gasteiger partial charge in [0.15, 0.2) is 5.78 Å². The van der Waals surface area contributed by atoms with Crippen LogP contribution in [-0.2, 0) is 0 Å². The van der Waals surface area contributed by atoms with Crippen molar-refractivity contribution in [2.24, 2.45) is 0 Å². The Morgan fingerprint density at radius 2 is 1.95 bits per heavy atom. The number of aromatic nitrogens is 2. The SMILES string of the molecule is [B]CC(=O)c1c(C)cc(Oc2cnccn2)cc1C. The lowest BCUT2D eigenvalue weighted by Gasteiger charge is -2.11. The average Bonchev–Trinajstić information content (AvgIpc) is 2.38. The van der Waals surface area contributed by atoms with Gasteiger partial charge in [0.25, 0.3) is 0 Å². The minimum atomic E-state index is -0.0685. The summed E-state index contributed by atoms with van der Waals surface area (Å²) in [6.07, 6.45) is 4.67. The van der Waals surface area contributed by atoms with Crippen LogP contribution in [0.15, 0.2) is 30.7 Å².